The molecule has 0 saturated carbocycles. The summed E-state index contributed by atoms with van der Waals surface area (Å²) in [7, 11) is 1.70. The molecule has 27 heavy (non-hydrogen) atoms. The number of aryl methyl sites for hydroxylation is 3. The summed E-state index contributed by atoms with van der Waals surface area (Å²) in [6.45, 7) is 11.9. The van der Waals surface area contributed by atoms with Gasteiger partial charge in [-0.25, -0.2) is 9.59 Å². The van der Waals surface area contributed by atoms with E-state index in [9.17, 15) is 9.59 Å². The predicted molar refractivity (Wildman–Crippen MR) is 110 cm³/mol. The molecule has 4 rings (SSSR count). The molecular formula is C21H28N2O4. The van der Waals surface area contributed by atoms with Gasteiger partial charge in [0, 0.05) is 7.05 Å². The van der Waals surface area contributed by atoms with Gasteiger partial charge >= 0.3 is 11.5 Å². The van der Waals surface area contributed by atoms with Crippen LogP contribution >= 0.6 is 0 Å². The van der Waals surface area contributed by atoms with Gasteiger partial charge in [0.1, 0.15) is 0 Å². The fraction of sp³-hybridized carbons (Fsp3) is 0.333. The average molecular weight is 372 g/mol. The number of oxazole rings is 2. The highest BCUT2D eigenvalue weighted by molar-refractivity contribution is 5.73. The molecule has 0 atom stereocenters. The van der Waals surface area contributed by atoms with E-state index in [0.29, 0.717) is 11.2 Å². The second kappa shape index (κ2) is 10.2. The molecule has 0 radical (unpaired) electrons. The van der Waals surface area contributed by atoms with Crippen molar-refractivity contribution in [3.8, 4) is 0 Å². The van der Waals surface area contributed by atoms with E-state index in [1.807, 2.05) is 71.9 Å². The number of hydrogen-bond acceptors (Lipinski definition) is 4. The van der Waals surface area contributed by atoms with Gasteiger partial charge in [0.05, 0.1) is 11.0 Å². The molecule has 6 nitrogen and oxygen atoms in total. The lowest BCUT2D eigenvalue weighted by Crippen LogP contribution is -2.08. The Hall–Kier alpha value is -3.02. The van der Waals surface area contributed by atoms with Crippen LogP contribution in [0.2, 0.25) is 0 Å². The lowest BCUT2D eigenvalue weighted by molar-refractivity contribution is 0.528. The van der Waals surface area contributed by atoms with Crippen LogP contribution in [0.5, 0.6) is 0 Å². The van der Waals surface area contributed by atoms with Gasteiger partial charge in [-0.05, 0) is 49.2 Å². The Bertz CT molecular complexity index is 1100. The summed E-state index contributed by atoms with van der Waals surface area (Å²) in [6.07, 6.45) is 0. The van der Waals surface area contributed by atoms with Gasteiger partial charge in [-0.3, -0.25) is 9.55 Å². The molecule has 0 amide bonds. The number of aromatic amines is 1. The summed E-state index contributed by atoms with van der Waals surface area (Å²) in [5.41, 5.74) is 5.06. The molecular weight excluding hydrogens is 344 g/mol. The average Bonchev–Trinajstić information content (AvgIpc) is 3.17. The van der Waals surface area contributed by atoms with Gasteiger partial charge in [-0.15, -0.1) is 0 Å². The number of nitrogens with one attached hydrogen (secondary N) is 1. The van der Waals surface area contributed by atoms with Crippen LogP contribution in [-0.4, -0.2) is 9.55 Å². The maximum atomic E-state index is 11.0. The van der Waals surface area contributed by atoms with Crippen LogP contribution in [0.15, 0.2) is 54.8 Å². The van der Waals surface area contributed by atoms with E-state index in [0.717, 1.165) is 22.2 Å². The normalized spacial score (nSPS) is 9.59. The first kappa shape index (κ1) is 22.0. The van der Waals surface area contributed by atoms with Crippen molar-refractivity contribution in [3.05, 3.63) is 68.6 Å². The lowest BCUT2D eigenvalue weighted by atomic mass is 10.2. The minimum Gasteiger partial charge on any atom is -0.408 e. The number of fused-ring (bicyclic) bond motifs is 2. The van der Waals surface area contributed by atoms with E-state index in [1.165, 1.54) is 4.57 Å². The highest BCUT2D eigenvalue weighted by atomic mass is 16.4. The molecule has 4 aromatic rings. The molecule has 2 aromatic carbocycles. The molecule has 0 saturated heterocycles. The molecule has 0 aliphatic rings. The van der Waals surface area contributed by atoms with Crippen LogP contribution in [0.3, 0.4) is 0 Å². The molecule has 0 fully saturated rings. The van der Waals surface area contributed by atoms with E-state index >= 15 is 0 Å². The Kier molecular flexibility index (Phi) is 8.33. The van der Waals surface area contributed by atoms with Gasteiger partial charge in [-0.1, -0.05) is 39.8 Å². The topological polar surface area (TPSA) is 81.1 Å². The lowest BCUT2D eigenvalue weighted by Gasteiger charge is -1.91. The van der Waals surface area contributed by atoms with Crippen LogP contribution in [0.25, 0.3) is 22.2 Å². The van der Waals surface area contributed by atoms with Crippen molar-refractivity contribution in [2.75, 3.05) is 0 Å². The van der Waals surface area contributed by atoms with Crippen molar-refractivity contribution in [1.29, 1.82) is 0 Å². The molecule has 0 bridgehead atoms. The summed E-state index contributed by atoms with van der Waals surface area (Å²) in [6, 6.07) is 11.3. The van der Waals surface area contributed by atoms with E-state index in [-0.39, 0.29) is 5.76 Å². The van der Waals surface area contributed by atoms with Crippen LogP contribution in [0, 0.1) is 13.8 Å². The summed E-state index contributed by atoms with van der Waals surface area (Å²) >= 11 is 0. The van der Waals surface area contributed by atoms with Crippen molar-refractivity contribution >= 4 is 22.2 Å². The zero-order valence-electron chi connectivity index (χ0n) is 17.0. The highest BCUT2D eigenvalue weighted by Crippen LogP contribution is 2.13. The van der Waals surface area contributed by atoms with E-state index in [1.54, 1.807) is 13.1 Å². The van der Waals surface area contributed by atoms with Crippen molar-refractivity contribution in [2.24, 2.45) is 7.05 Å². The van der Waals surface area contributed by atoms with Crippen molar-refractivity contribution in [1.82, 2.24) is 9.55 Å². The van der Waals surface area contributed by atoms with Crippen LogP contribution in [-0.2, 0) is 7.05 Å². The first-order valence-electron chi connectivity index (χ1n) is 9.10. The quantitative estimate of drug-likeness (QED) is 0.475. The predicted octanol–water partition coefficient (Wildman–Crippen LogP) is 4.92. The monoisotopic (exact) mass is 372 g/mol. The summed E-state index contributed by atoms with van der Waals surface area (Å²) in [5, 5.41) is 0. The number of nitrogens with zero attached hydrogens (tertiary/aromatic N) is 1. The zero-order chi connectivity index (χ0) is 20.6. The largest absolute Gasteiger partial charge is 0.419 e. The second-order valence-corrected chi connectivity index (χ2v) is 5.41. The minimum atomic E-state index is -0.398. The van der Waals surface area contributed by atoms with Crippen molar-refractivity contribution in [3.63, 3.8) is 0 Å². The van der Waals surface area contributed by atoms with E-state index in [2.05, 4.69) is 4.98 Å². The zero-order valence-corrected chi connectivity index (χ0v) is 17.0. The Morgan fingerprint density at radius 1 is 0.815 bits per heavy atom. The molecule has 1 N–H and O–H groups in total. The first-order chi connectivity index (χ1) is 12.9. The summed E-state index contributed by atoms with van der Waals surface area (Å²) in [5.74, 6) is -0.707. The van der Waals surface area contributed by atoms with E-state index < -0.39 is 5.76 Å². The molecule has 0 aliphatic carbocycles. The van der Waals surface area contributed by atoms with Gasteiger partial charge in [0.15, 0.2) is 11.2 Å². The molecule has 6 heteroatoms. The molecule has 146 valence electrons. The molecule has 0 aliphatic heterocycles. The molecule has 2 heterocycles. The fourth-order valence-electron chi connectivity index (χ4n) is 2.31. The summed E-state index contributed by atoms with van der Waals surface area (Å²) in [4.78, 5) is 24.3. The van der Waals surface area contributed by atoms with Gasteiger partial charge in [0.2, 0.25) is 0 Å². The third-order valence-corrected chi connectivity index (χ3v) is 3.52. The Balaban J connectivity index is 0.000000229. The van der Waals surface area contributed by atoms with Crippen molar-refractivity contribution in [2.45, 2.75) is 41.5 Å². The number of benzene rings is 2. The Morgan fingerprint density at radius 3 is 2.07 bits per heavy atom. The second-order valence-electron chi connectivity index (χ2n) is 5.41. The number of hydrogen-bond donors (Lipinski definition) is 1. The number of H-pyrrole nitrogens is 1. The Morgan fingerprint density at radius 2 is 1.41 bits per heavy atom. The number of rotatable bonds is 0. The maximum absolute atomic E-state index is 11.0. The minimum absolute atomic E-state index is 0.310. The van der Waals surface area contributed by atoms with Gasteiger partial charge in [-0.2, -0.15) is 0 Å². The van der Waals surface area contributed by atoms with Gasteiger partial charge < -0.3 is 8.83 Å². The smallest absolute Gasteiger partial charge is 0.408 e. The fourth-order valence-corrected chi connectivity index (χ4v) is 2.31. The maximum Gasteiger partial charge on any atom is 0.419 e. The third kappa shape index (κ3) is 5.48. The third-order valence-electron chi connectivity index (χ3n) is 3.52. The van der Waals surface area contributed by atoms with Gasteiger partial charge in [0.25, 0.3) is 0 Å². The van der Waals surface area contributed by atoms with Crippen LogP contribution in [0.1, 0.15) is 38.8 Å². The molecule has 2 aromatic heterocycles. The number of aromatic nitrogens is 2. The standard InChI is InChI=1S/C9H9NO2.C8H7NO2.2C2H6/c1-6-3-4-7-8(5-6)12-9(11)10(7)2;1-5-2-3-7-6(4-5)9-8(10)11-7;2*1-2/h3-5H,1-2H3;2-4H,1H3,(H,9,10);2*1-2H3. The molecule has 0 spiro atoms. The first-order valence-corrected chi connectivity index (χ1v) is 9.10. The van der Waals surface area contributed by atoms with Crippen molar-refractivity contribution < 1.29 is 8.83 Å². The SMILES string of the molecule is CC.CC.Cc1ccc2c(c1)oc(=O)n2C.Cc1ccc2oc(=O)[nH]c2c1. The highest BCUT2D eigenvalue weighted by Gasteiger charge is 2.03. The Labute approximate surface area is 158 Å². The summed E-state index contributed by atoms with van der Waals surface area (Å²) < 4.78 is 11.3. The van der Waals surface area contributed by atoms with E-state index in [4.69, 9.17) is 8.83 Å². The van der Waals surface area contributed by atoms with Crippen LogP contribution in [0.4, 0.5) is 0 Å². The van der Waals surface area contributed by atoms with Crippen LogP contribution < -0.4 is 11.5 Å². The molecule has 0 unspecified atom stereocenters.